The molecular formula is C32H49N19OP6. The van der Waals surface area contributed by atoms with Crippen LogP contribution in [-0.2, 0) is 4.74 Å². The zero-order valence-electron chi connectivity index (χ0n) is 33.2. The van der Waals surface area contributed by atoms with E-state index in [0.29, 0.717) is 0 Å². The van der Waals surface area contributed by atoms with Crippen LogP contribution < -0.4 is 0 Å². The number of ether oxygens (including phenoxy) is 1. The van der Waals surface area contributed by atoms with Crippen molar-refractivity contribution in [1.82, 2.24) is 60.9 Å². The van der Waals surface area contributed by atoms with E-state index in [1.54, 1.807) is 81.3 Å². The van der Waals surface area contributed by atoms with Gasteiger partial charge in [-0.1, -0.05) is 0 Å². The lowest BCUT2D eigenvalue weighted by Gasteiger charge is -2.37. The molecule has 58 heavy (non-hydrogen) atoms. The molecule has 10 rings (SSSR count). The van der Waals surface area contributed by atoms with Crippen LogP contribution in [0.5, 0.6) is 0 Å². The van der Waals surface area contributed by atoms with Gasteiger partial charge in [-0.15, -0.1) is 0 Å². The van der Waals surface area contributed by atoms with Crippen molar-refractivity contribution in [3.8, 4) is 0 Å². The Morgan fingerprint density at radius 2 is 0.759 bits per heavy atom. The lowest BCUT2D eigenvalue weighted by Crippen LogP contribution is -2.13. The number of nitrogens with zero attached hydrogens (tertiary/aromatic N) is 18. The first-order chi connectivity index (χ1) is 27.9. The van der Waals surface area contributed by atoms with Crippen molar-refractivity contribution in [2.24, 2.45) is 27.1 Å². The number of imidazole rings is 6. The van der Waals surface area contributed by atoms with E-state index < -0.39 is 44.1 Å². The van der Waals surface area contributed by atoms with Crippen molar-refractivity contribution in [1.29, 1.82) is 0 Å². The normalized spacial score (nSPS) is 21.5. The summed E-state index contributed by atoms with van der Waals surface area (Å²) in [6.07, 6.45) is 38.5. The summed E-state index contributed by atoms with van der Waals surface area (Å²) in [5, 5.41) is 0. The van der Waals surface area contributed by atoms with E-state index in [0.717, 1.165) is 13.2 Å². The molecule has 10 heterocycles. The van der Waals surface area contributed by atoms with E-state index in [1.165, 1.54) is 12.8 Å². The summed E-state index contributed by atoms with van der Waals surface area (Å²) in [5.41, 5.74) is 0. The molecule has 26 heteroatoms. The summed E-state index contributed by atoms with van der Waals surface area (Å²) >= 11 is 0. The molecule has 0 aromatic carbocycles. The number of aromatic nitrogens is 13. The second-order valence-corrected chi connectivity index (χ2v) is 32.3. The van der Waals surface area contributed by atoms with Crippen LogP contribution in [0, 0.1) is 0 Å². The molecule has 308 valence electrons. The average Bonchev–Trinajstić information content (AvgIpc) is 4.06. The quantitative estimate of drug-likeness (QED) is 0.160. The highest BCUT2D eigenvalue weighted by Gasteiger charge is 2.43. The highest BCUT2D eigenvalue weighted by atomic mass is 31.3. The Morgan fingerprint density at radius 3 is 0.983 bits per heavy atom. The van der Waals surface area contributed by atoms with Crippen molar-refractivity contribution in [3.63, 3.8) is 0 Å². The number of nitrogens with one attached hydrogen (secondary N) is 1. The van der Waals surface area contributed by atoms with Gasteiger partial charge < -0.3 is 9.72 Å². The molecule has 0 aliphatic carbocycles. The largest absolute Gasteiger partial charge is 0.381 e. The van der Waals surface area contributed by atoms with Gasteiger partial charge in [0, 0.05) is 100.0 Å². The molecule has 1 N–H and O–H groups in total. The number of H-pyrrole nitrogens is 1. The minimum absolute atomic E-state index is 1.00. The Labute approximate surface area is 338 Å². The van der Waals surface area contributed by atoms with Crippen molar-refractivity contribution < 1.29 is 4.74 Å². The summed E-state index contributed by atoms with van der Waals surface area (Å²) in [5.74, 6) is 0. The van der Waals surface area contributed by atoms with E-state index in [1.807, 2.05) is 77.2 Å². The maximum Gasteiger partial charge on any atom is 0.283 e. The minimum atomic E-state index is -3.01. The third kappa shape index (κ3) is 9.35. The van der Waals surface area contributed by atoms with Crippen molar-refractivity contribution in [3.05, 3.63) is 137 Å². The summed E-state index contributed by atoms with van der Waals surface area (Å²) in [7, 11) is -13.0. The molecule has 0 unspecified atom stereocenters. The molecule has 0 spiro atoms. The molecule has 1 fully saturated rings. The van der Waals surface area contributed by atoms with Crippen LogP contribution in [-0.4, -0.2) is 114 Å². The fourth-order valence-corrected chi connectivity index (χ4v) is 33.7. The van der Waals surface area contributed by atoms with Gasteiger partial charge in [-0.05, 0) is 65.0 Å². The van der Waals surface area contributed by atoms with Gasteiger partial charge >= 0.3 is 0 Å². The topological polar surface area (TPSA) is 206 Å². The second kappa shape index (κ2) is 17.6. The van der Waals surface area contributed by atoms with E-state index in [2.05, 4.69) is 79.2 Å². The Kier molecular flexibility index (Phi) is 12.8. The third-order valence-electron chi connectivity index (χ3n) is 8.17. The molecule has 0 radical (unpaired) electrons. The first kappa shape index (κ1) is 42.0. The highest BCUT2D eigenvalue weighted by Crippen LogP contribution is 2.79. The SMILES string of the molecule is C1CCOC1.CP1(C)=NP(C)(C)=NP(C)(C)=N1.c1c[nH]cn1.c1ccn([P@@]2(n3ccnc3)=NP(n3ccnc3)(n3ccnc3)=NP(n3ccnc3)(n3ccnc3)=N2)c1. The lowest BCUT2D eigenvalue weighted by molar-refractivity contribution is 0.198. The average molecular weight is 902 g/mol. The number of aromatic amines is 1. The Morgan fingerprint density at radius 1 is 0.414 bits per heavy atom. The molecule has 0 amide bonds. The van der Waals surface area contributed by atoms with Crippen molar-refractivity contribution in [2.45, 2.75) is 12.8 Å². The predicted octanol–water partition coefficient (Wildman–Crippen LogP) is 10.2. The maximum absolute atomic E-state index is 5.61. The standard InChI is InChI=1S/C19H19N14P3.C6H18N3P3.C4H8O.C3H4N2/c1-2-9-28(8-1)34(29-10-3-20-15-29)25-35(30-11-4-21-16-30,31-12-5-22-17-31)27-36(26-34,32-13-6-23-18-32)33-14-7-24-19-33;1-10(2)7-11(3,4)9-12(5,6)8-10;1-2-4-5-3-1;1-2-5-3-4-1/h1-19H;1-6H3;1-4H2;1-3H,(H,4,5). The molecule has 20 nitrogen and oxygen atoms in total. The van der Waals surface area contributed by atoms with Gasteiger partial charge in [0.25, 0.3) is 22.5 Å². The molecule has 3 aliphatic rings. The summed E-state index contributed by atoms with van der Waals surface area (Å²) < 4.78 is 48.0. The van der Waals surface area contributed by atoms with Gasteiger partial charge in [-0.2, -0.15) is 13.5 Å². The molecule has 7 aromatic heterocycles. The fraction of sp³-hybridized carbons (Fsp3) is 0.312. The molecule has 1 saturated heterocycles. The van der Waals surface area contributed by atoms with E-state index in [4.69, 9.17) is 31.8 Å². The molecule has 0 bridgehead atoms. The summed E-state index contributed by atoms with van der Waals surface area (Å²) in [6.45, 7) is 15.1. The van der Waals surface area contributed by atoms with Gasteiger partial charge in [0.2, 0.25) is 0 Å². The van der Waals surface area contributed by atoms with Crippen LogP contribution in [0.2, 0.25) is 0 Å². The molecular weight excluding hydrogens is 852 g/mol. The molecule has 0 saturated carbocycles. The van der Waals surface area contributed by atoms with Crippen LogP contribution in [0.25, 0.3) is 0 Å². The maximum atomic E-state index is 5.61. The molecule has 7 aromatic rings. The Bertz CT molecular complexity index is 2220. The van der Waals surface area contributed by atoms with Crippen molar-refractivity contribution in [2.75, 3.05) is 53.2 Å². The first-order valence-corrected chi connectivity index (χ1v) is 30.7. The van der Waals surface area contributed by atoms with Gasteiger partial charge in [-0.25, -0.2) is 43.5 Å². The van der Waals surface area contributed by atoms with Crippen LogP contribution in [0.1, 0.15) is 12.8 Å². The van der Waals surface area contributed by atoms with Crippen LogP contribution in [0.4, 0.5) is 0 Å². The molecule has 3 aliphatic heterocycles. The van der Waals surface area contributed by atoms with E-state index >= 15 is 0 Å². The van der Waals surface area contributed by atoms with Gasteiger partial charge in [0.1, 0.15) is 31.6 Å². The highest BCUT2D eigenvalue weighted by molar-refractivity contribution is 7.86. The third-order valence-corrected chi connectivity index (χ3v) is 29.6. The van der Waals surface area contributed by atoms with Gasteiger partial charge in [0.15, 0.2) is 0 Å². The Hall–Kier alpha value is -4.12. The number of hydrogen-bond acceptors (Lipinski definition) is 13. The Balaban J connectivity index is 0.000000189. The summed E-state index contributed by atoms with van der Waals surface area (Å²) in [6, 6.07) is 3.94. The zero-order valence-corrected chi connectivity index (χ0v) is 38.5. The van der Waals surface area contributed by atoms with E-state index in [-0.39, 0.29) is 0 Å². The van der Waals surface area contributed by atoms with Crippen LogP contribution >= 0.6 is 44.1 Å². The second-order valence-electron chi connectivity index (χ2n) is 14.0. The number of hydrogen-bond donors (Lipinski definition) is 1. The van der Waals surface area contributed by atoms with Crippen LogP contribution in [0.3, 0.4) is 0 Å². The molecule has 1 atom stereocenters. The first-order valence-electron chi connectivity index (χ1n) is 18.1. The zero-order chi connectivity index (χ0) is 40.7. The smallest absolute Gasteiger partial charge is 0.283 e. The van der Waals surface area contributed by atoms with Gasteiger partial charge in [0.05, 0.1) is 27.9 Å². The van der Waals surface area contributed by atoms with Crippen LogP contribution in [0.15, 0.2) is 164 Å². The number of rotatable bonds is 6. The minimum Gasteiger partial charge on any atom is -0.381 e. The monoisotopic (exact) mass is 901 g/mol. The van der Waals surface area contributed by atoms with Gasteiger partial charge in [-0.3, -0.25) is 26.0 Å². The predicted molar refractivity (Wildman–Crippen MR) is 238 cm³/mol. The summed E-state index contributed by atoms with van der Waals surface area (Å²) in [4.78, 5) is 28.3. The van der Waals surface area contributed by atoms with E-state index in [9.17, 15) is 0 Å². The fourth-order valence-electron chi connectivity index (χ4n) is 6.39. The lowest BCUT2D eigenvalue weighted by atomic mass is 10.4. The van der Waals surface area contributed by atoms with Crippen molar-refractivity contribution >= 4 is 44.1 Å².